The second-order valence-corrected chi connectivity index (χ2v) is 2.61. The summed E-state index contributed by atoms with van der Waals surface area (Å²) in [5.74, 6) is 0. The molecule has 0 heterocycles. The molecule has 0 aromatic heterocycles. The van der Waals surface area contributed by atoms with E-state index in [2.05, 4.69) is 35.0 Å². The Bertz CT molecular complexity index is 147. The highest BCUT2D eigenvalue weighted by atomic mass is 35.5. The Kier molecular flexibility index (Phi) is 47.2. The summed E-state index contributed by atoms with van der Waals surface area (Å²) < 4.78 is 0. The van der Waals surface area contributed by atoms with Gasteiger partial charge in [-0.05, 0) is 34.0 Å². The predicted molar refractivity (Wildman–Crippen MR) is 77.4 cm³/mol. The first kappa shape index (κ1) is 29.6. The van der Waals surface area contributed by atoms with Crippen molar-refractivity contribution in [3.05, 3.63) is 0 Å². The van der Waals surface area contributed by atoms with Gasteiger partial charge in [-0.25, -0.2) is 9.98 Å². The van der Waals surface area contributed by atoms with Gasteiger partial charge in [0.1, 0.15) is 0 Å². The standard InChI is InChI=1S/C8H17N3.4ClH/c1-4-9-8-10-6-5-7-11(2)3;;;;/h4-7H2,1-3H3;4*1H. The van der Waals surface area contributed by atoms with Crippen molar-refractivity contribution in [3.63, 3.8) is 0 Å². The third kappa shape index (κ3) is 31.4. The fraction of sp³-hybridized carbons (Fsp3) is 0.875. The summed E-state index contributed by atoms with van der Waals surface area (Å²) in [6, 6.07) is 2.64. The van der Waals surface area contributed by atoms with Gasteiger partial charge in [0, 0.05) is 6.54 Å². The molecule has 0 fully saturated rings. The SMILES string of the molecule is CCN=C=NCCCN(C)C.Cl.Cl.Cl.Cl. The first-order chi connectivity index (χ1) is 5.27. The second-order valence-electron chi connectivity index (χ2n) is 2.61. The maximum Gasteiger partial charge on any atom is 0.0892 e. The van der Waals surface area contributed by atoms with Crippen LogP contribution in [0.15, 0.2) is 9.98 Å². The van der Waals surface area contributed by atoms with Crippen LogP contribution in [0.25, 0.3) is 0 Å². The largest absolute Gasteiger partial charge is 0.309 e. The fourth-order valence-electron chi connectivity index (χ4n) is 0.637. The van der Waals surface area contributed by atoms with Crippen molar-refractivity contribution in [1.29, 1.82) is 0 Å². The van der Waals surface area contributed by atoms with Gasteiger partial charge >= 0.3 is 0 Å². The number of halogens is 4. The summed E-state index contributed by atoms with van der Waals surface area (Å²) in [4.78, 5) is 9.99. The normalized spacial score (nSPS) is 6.93. The molecular formula is C8H21Cl4N3. The molecule has 0 aromatic rings. The number of hydrogen-bond acceptors (Lipinski definition) is 3. The van der Waals surface area contributed by atoms with Crippen LogP contribution in [0.5, 0.6) is 0 Å². The van der Waals surface area contributed by atoms with E-state index in [0.717, 1.165) is 26.1 Å². The van der Waals surface area contributed by atoms with Crippen LogP contribution in [0.3, 0.4) is 0 Å². The lowest BCUT2D eigenvalue weighted by molar-refractivity contribution is 0.403. The van der Waals surface area contributed by atoms with Crippen LogP contribution < -0.4 is 0 Å². The molecular weight excluding hydrogens is 280 g/mol. The summed E-state index contributed by atoms with van der Waals surface area (Å²) in [7, 11) is 4.12. The summed E-state index contributed by atoms with van der Waals surface area (Å²) in [6.07, 6.45) is 1.08. The lowest BCUT2D eigenvalue weighted by atomic mass is 10.4. The number of nitrogens with zero attached hydrogens (tertiary/aromatic N) is 3. The van der Waals surface area contributed by atoms with Crippen LogP contribution in [0, 0.1) is 0 Å². The highest BCUT2D eigenvalue weighted by Gasteiger charge is 1.86. The lowest BCUT2D eigenvalue weighted by Gasteiger charge is -2.05. The van der Waals surface area contributed by atoms with Crippen molar-refractivity contribution in [2.24, 2.45) is 9.98 Å². The molecule has 96 valence electrons. The predicted octanol–water partition coefficient (Wildman–Crippen LogP) is 2.82. The number of rotatable bonds is 5. The minimum absolute atomic E-state index is 0. The van der Waals surface area contributed by atoms with Crippen LogP contribution >= 0.6 is 49.6 Å². The molecule has 0 N–H and O–H groups in total. The van der Waals surface area contributed by atoms with Crippen LogP contribution in [-0.4, -0.2) is 44.6 Å². The molecule has 0 aliphatic carbocycles. The van der Waals surface area contributed by atoms with E-state index in [9.17, 15) is 0 Å². The van der Waals surface area contributed by atoms with E-state index in [-0.39, 0.29) is 49.6 Å². The highest BCUT2D eigenvalue weighted by molar-refractivity contribution is 5.86. The van der Waals surface area contributed by atoms with Crippen LogP contribution in [-0.2, 0) is 0 Å². The summed E-state index contributed by atoms with van der Waals surface area (Å²) in [5, 5.41) is 0. The molecule has 0 aromatic carbocycles. The average Bonchev–Trinajstić information content (AvgIpc) is 1.96. The molecule has 0 aliphatic heterocycles. The maximum absolute atomic E-state index is 3.99. The molecule has 0 bridgehead atoms. The summed E-state index contributed by atoms with van der Waals surface area (Å²) in [5.41, 5.74) is 0. The Balaban J connectivity index is -0.0000000833. The Labute approximate surface area is 117 Å². The quantitative estimate of drug-likeness (QED) is 0.567. The molecule has 0 aliphatic rings. The fourth-order valence-corrected chi connectivity index (χ4v) is 0.637. The van der Waals surface area contributed by atoms with Crippen LogP contribution in [0.4, 0.5) is 0 Å². The van der Waals surface area contributed by atoms with Gasteiger partial charge in [0.25, 0.3) is 0 Å². The molecule has 15 heavy (non-hydrogen) atoms. The van der Waals surface area contributed by atoms with E-state index in [1.165, 1.54) is 0 Å². The average molecular weight is 301 g/mol. The molecule has 0 amide bonds. The van der Waals surface area contributed by atoms with E-state index in [1.54, 1.807) is 0 Å². The van der Waals surface area contributed by atoms with Crippen LogP contribution in [0.1, 0.15) is 13.3 Å². The number of hydrogen-bond donors (Lipinski definition) is 0. The Hall–Kier alpha value is 0.500. The first-order valence-corrected chi connectivity index (χ1v) is 4.00. The molecule has 0 rings (SSSR count). The minimum atomic E-state index is 0. The molecule has 0 saturated carbocycles. The van der Waals surface area contributed by atoms with Gasteiger partial charge in [-0.15, -0.1) is 49.6 Å². The van der Waals surface area contributed by atoms with Crippen molar-refractivity contribution in [3.8, 4) is 0 Å². The zero-order valence-electron chi connectivity index (χ0n) is 9.30. The molecule has 3 nitrogen and oxygen atoms in total. The van der Waals surface area contributed by atoms with Crippen LogP contribution in [0.2, 0.25) is 0 Å². The zero-order chi connectivity index (χ0) is 8.53. The van der Waals surface area contributed by atoms with Gasteiger partial charge in [-0.1, -0.05) is 0 Å². The molecule has 0 spiro atoms. The van der Waals surface area contributed by atoms with Crippen molar-refractivity contribution in [2.75, 3.05) is 33.7 Å². The summed E-state index contributed by atoms with van der Waals surface area (Å²) in [6.45, 7) is 4.67. The van der Waals surface area contributed by atoms with E-state index in [1.807, 2.05) is 6.92 Å². The number of aliphatic imine (C=N–C) groups is 2. The smallest absolute Gasteiger partial charge is 0.0892 e. The van der Waals surface area contributed by atoms with Gasteiger partial charge in [0.15, 0.2) is 0 Å². The lowest BCUT2D eigenvalue weighted by Crippen LogP contribution is -2.13. The van der Waals surface area contributed by atoms with Gasteiger partial charge in [-0.3, -0.25) is 0 Å². The first-order valence-electron chi connectivity index (χ1n) is 4.00. The van der Waals surface area contributed by atoms with E-state index in [0.29, 0.717) is 0 Å². The topological polar surface area (TPSA) is 28.0 Å². The van der Waals surface area contributed by atoms with Gasteiger partial charge in [0.05, 0.1) is 12.6 Å². The monoisotopic (exact) mass is 299 g/mol. The second kappa shape index (κ2) is 24.0. The van der Waals surface area contributed by atoms with E-state index >= 15 is 0 Å². The van der Waals surface area contributed by atoms with E-state index < -0.39 is 0 Å². The Morgan fingerprint density at radius 1 is 1.00 bits per heavy atom. The maximum atomic E-state index is 3.99. The van der Waals surface area contributed by atoms with Crippen molar-refractivity contribution < 1.29 is 0 Å². The van der Waals surface area contributed by atoms with E-state index in [4.69, 9.17) is 0 Å². The molecule has 7 heteroatoms. The molecule has 0 unspecified atom stereocenters. The zero-order valence-corrected chi connectivity index (χ0v) is 12.6. The molecule has 0 saturated heterocycles. The van der Waals surface area contributed by atoms with Gasteiger partial charge < -0.3 is 4.90 Å². The summed E-state index contributed by atoms with van der Waals surface area (Å²) >= 11 is 0. The molecule has 0 atom stereocenters. The van der Waals surface area contributed by atoms with Gasteiger partial charge in [0.2, 0.25) is 0 Å². The Morgan fingerprint density at radius 2 is 1.53 bits per heavy atom. The third-order valence-corrected chi connectivity index (χ3v) is 1.17. The van der Waals surface area contributed by atoms with Crippen molar-refractivity contribution >= 4 is 55.6 Å². The minimum Gasteiger partial charge on any atom is -0.309 e. The van der Waals surface area contributed by atoms with Crippen molar-refractivity contribution in [2.45, 2.75) is 13.3 Å². The third-order valence-electron chi connectivity index (χ3n) is 1.17. The Morgan fingerprint density at radius 3 is 1.93 bits per heavy atom. The highest BCUT2D eigenvalue weighted by Crippen LogP contribution is 1.82. The molecule has 0 radical (unpaired) electrons. The van der Waals surface area contributed by atoms with Crippen molar-refractivity contribution in [1.82, 2.24) is 4.90 Å². The van der Waals surface area contributed by atoms with Gasteiger partial charge in [-0.2, -0.15) is 0 Å².